The van der Waals surface area contributed by atoms with Crippen molar-refractivity contribution in [3.8, 4) is 5.75 Å². The van der Waals surface area contributed by atoms with Crippen LogP contribution in [-0.4, -0.2) is 23.7 Å². The number of benzene rings is 2. The number of rotatable bonds is 7. The molecule has 0 unspecified atom stereocenters. The third-order valence-corrected chi connectivity index (χ3v) is 4.52. The van der Waals surface area contributed by atoms with Crippen LogP contribution >= 0.6 is 11.8 Å². The normalized spacial score (nSPS) is 10.2. The number of ether oxygens (including phenoxy) is 1. The summed E-state index contributed by atoms with van der Waals surface area (Å²) in [6, 6.07) is 11.4. The van der Waals surface area contributed by atoms with Gasteiger partial charge in [0.1, 0.15) is 5.75 Å². The molecule has 0 atom stereocenters. The Hall–Kier alpha value is -2.54. The molecule has 1 N–H and O–H groups in total. The zero-order valence-corrected chi connectivity index (χ0v) is 14.3. The Bertz CT molecular complexity index is 749. The second kappa shape index (κ2) is 8.35. The van der Waals surface area contributed by atoms with E-state index in [1.165, 1.54) is 25.3 Å². The molecule has 0 fully saturated rings. The second-order valence-electron chi connectivity index (χ2n) is 4.94. The van der Waals surface area contributed by atoms with E-state index in [9.17, 15) is 14.9 Å². The lowest BCUT2D eigenvalue weighted by Gasteiger charge is -2.12. The van der Waals surface area contributed by atoms with E-state index in [4.69, 9.17) is 4.74 Å². The van der Waals surface area contributed by atoms with Crippen molar-refractivity contribution in [1.29, 1.82) is 0 Å². The van der Waals surface area contributed by atoms with Crippen molar-refractivity contribution in [3.05, 3.63) is 58.1 Å². The highest BCUT2D eigenvalue weighted by Crippen LogP contribution is 2.30. The molecule has 0 aliphatic rings. The molecule has 0 radical (unpaired) electrons. The van der Waals surface area contributed by atoms with Crippen molar-refractivity contribution >= 4 is 29.0 Å². The van der Waals surface area contributed by atoms with E-state index in [-0.39, 0.29) is 17.3 Å². The maximum atomic E-state index is 12.6. The van der Waals surface area contributed by atoms with Crippen LogP contribution in [0.4, 0.5) is 11.4 Å². The largest absolute Gasteiger partial charge is 0.494 e. The molecule has 0 saturated heterocycles. The van der Waals surface area contributed by atoms with Crippen LogP contribution in [0, 0.1) is 10.1 Å². The maximum absolute atomic E-state index is 12.6. The average molecular weight is 346 g/mol. The Morgan fingerprint density at radius 2 is 2.04 bits per heavy atom. The topological polar surface area (TPSA) is 81.5 Å². The molecular weight excluding hydrogens is 328 g/mol. The number of nitro benzene ring substituents is 1. The summed E-state index contributed by atoms with van der Waals surface area (Å²) in [7, 11) is 1.40. The zero-order chi connectivity index (χ0) is 17.5. The van der Waals surface area contributed by atoms with Crippen molar-refractivity contribution in [3.63, 3.8) is 0 Å². The van der Waals surface area contributed by atoms with Gasteiger partial charge in [-0.05, 0) is 30.4 Å². The van der Waals surface area contributed by atoms with Crippen LogP contribution in [0.25, 0.3) is 0 Å². The monoisotopic (exact) mass is 346 g/mol. The van der Waals surface area contributed by atoms with Gasteiger partial charge in [0.15, 0.2) is 0 Å². The molecule has 0 bridgehead atoms. The van der Waals surface area contributed by atoms with Crippen molar-refractivity contribution < 1.29 is 14.5 Å². The minimum atomic E-state index is -0.509. The van der Waals surface area contributed by atoms with Crippen molar-refractivity contribution in [2.45, 2.75) is 18.2 Å². The number of hydrogen-bond acceptors (Lipinski definition) is 5. The third-order valence-electron chi connectivity index (χ3n) is 3.24. The van der Waals surface area contributed by atoms with E-state index >= 15 is 0 Å². The molecular formula is C17H18N2O4S. The first kappa shape index (κ1) is 17.8. The molecule has 0 aliphatic heterocycles. The second-order valence-corrected chi connectivity index (χ2v) is 6.08. The molecule has 126 valence electrons. The number of nitrogens with one attached hydrogen (secondary N) is 1. The number of carbonyl (C=O) groups is 1. The number of carbonyl (C=O) groups excluding carboxylic acids is 1. The van der Waals surface area contributed by atoms with Crippen LogP contribution < -0.4 is 10.1 Å². The molecule has 0 aromatic heterocycles. The summed E-state index contributed by atoms with van der Waals surface area (Å²) in [6.45, 7) is 2.08. The minimum absolute atomic E-state index is 0.0937. The lowest BCUT2D eigenvalue weighted by Crippen LogP contribution is -2.13. The van der Waals surface area contributed by atoms with Gasteiger partial charge in [0.25, 0.3) is 11.6 Å². The maximum Gasteiger partial charge on any atom is 0.273 e. The fraction of sp³-hybridized carbons (Fsp3) is 0.235. The number of amides is 1. The summed E-state index contributed by atoms with van der Waals surface area (Å²) in [6.07, 6.45) is 1.01. The Balaban J connectivity index is 2.25. The van der Waals surface area contributed by atoms with Crippen LogP contribution in [0.1, 0.15) is 23.7 Å². The first-order chi connectivity index (χ1) is 11.6. The summed E-state index contributed by atoms with van der Waals surface area (Å²) >= 11 is 1.62. The van der Waals surface area contributed by atoms with E-state index in [1.807, 2.05) is 12.1 Å². The smallest absolute Gasteiger partial charge is 0.273 e. The SMILES string of the molecule is CCCSc1ccccc1C(=O)Nc1ccc([N+](=O)[O-])cc1OC. The third kappa shape index (κ3) is 4.26. The molecule has 0 saturated carbocycles. The van der Waals surface area contributed by atoms with Gasteiger partial charge < -0.3 is 10.1 Å². The van der Waals surface area contributed by atoms with Crippen LogP contribution in [-0.2, 0) is 0 Å². The summed E-state index contributed by atoms with van der Waals surface area (Å²) in [5.74, 6) is 0.892. The molecule has 6 nitrogen and oxygen atoms in total. The van der Waals surface area contributed by atoms with E-state index in [1.54, 1.807) is 23.9 Å². The molecule has 0 heterocycles. The van der Waals surface area contributed by atoms with Crippen LogP contribution in [0.3, 0.4) is 0 Å². The number of methoxy groups -OCH3 is 1. The molecule has 24 heavy (non-hydrogen) atoms. The molecule has 0 aliphatic carbocycles. The molecule has 1 amide bonds. The zero-order valence-electron chi connectivity index (χ0n) is 13.4. The number of non-ortho nitro benzene ring substituents is 1. The predicted molar refractivity (Wildman–Crippen MR) is 95.1 cm³/mol. The number of thioether (sulfide) groups is 1. The van der Waals surface area contributed by atoms with Gasteiger partial charge in [-0.3, -0.25) is 14.9 Å². The Labute approximate surface area is 144 Å². The standard InChI is InChI=1S/C17H18N2O4S/c1-3-10-24-16-7-5-4-6-13(16)17(20)18-14-9-8-12(19(21)22)11-15(14)23-2/h4-9,11H,3,10H2,1-2H3,(H,18,20). The minimum Gasteiger partial charge on any atom is -0.494 e. The van der Waals surface area contributed by atoms with Crippen LogP contribution in [0.15, 0.2) is 47.4 Å². The lowest BCUT2D eigenvalue weighted by atomic mass is 10.2. The van der Waals surface area contributed by atoms with Crippen molar-refractivity contribution in [2.75, 3.05) is 18.2 Å². The van der Waals surface area contributed by atoms with E-state index in [0.29, 0.717) is 11.3 Å². The number of hydrogen-bond donors (Lipinski definition) is 1. The van der Waals surface area contributed by atoms with Gasteiger partial charge in [-0.2, -0.15) is 0 Å². The Kier molecular flexibility index (Phi) is 6.20. The number of nitrogens with zero attached hydrogens (tertiary/aromatic N) is 1. The first-order valence-electron chi connectivity index (χ1n) is 7.42. The van der Waals surface area contributed by atoms with Gasteiger partial charge in [-0.1, -0.05) is 19.1 Å². The van der Waals surface area contributed by atoms with Crippen molar-refractivity contribution in [1.82, 2.24) is 0 Å². The molecule has 2 rings (SSSR count). The van der Waals surface area contributed by atoms with Gasteiger partial charge in [0, 0.05) is 11.0 Å². The van der Waals surface area contributed by atoms with Crippen molar-refractivity contribution in [2.24, 2.45) is 0 Å². The number of nitro groups is 1. The lowest BCUT2D eigenvalue weighted by molar-refractivity contribution is -0.384. The summed E-state index contributed by atoms with van der Waals surface area (Å²) in [5, 5.41) is 13.6. The fourth-order valence-corrected chi connectivity index (χ4v) is 2.99. The highest BCUT2D eigenvalue weighted by molar-refractivity contribution is 7.99. The highest BCUT2D eigenvalue weighted by Gasteiger charge is 2.16. The van der Waals surface area contributed by atoms with Crippen LogP contribution in [0.5, 0.6) is 5.75 Å². The Morgan fingerprint density at radius 1 is 1.29 bits per heavy atom. The van der Waals surface area contributed by atoms with Gasteiger partial charge in [-0.25, -0.2) is 0 Å². The summed E-state index contributed by atoms with van der Waals surface area (Å²) in [5.41, 5.74) is 0.864. The molecule has 2 aromatic rings. The quantitative estimate of drug-likeness (QED) is 0.458. The van der Waals surface area contributed by atoms with E-state index in [2.05, 4.69) is 12.2 Å². The van der Waals surface area contributed by atoms with Gasteiger partial charge in [0.05, 0.1) is 29.4 Å². The first-order valence-corrected chi connectivity index (χ1v) is 8.41. The highest BCUT2D eigenvalue weighted by atomic mass is 32.2. The summed E-state index contributed by atoms with van der Waals surface area (Å²) < 4.78 is 5.14. The van der Waals surface area contributed by atoms with Gasteiger partial charge >= 0.3 is 0 Å². The average Bonchev–Trinajstić information content (AvgIpc) is 2.60. The predicted octanol–water partition coefficient (Wildman–Crippen LogP) is 4.36. The van der Waals surface area contributed by atoms with E-state index in [0.717, 1.165) is 17.1 Å². The molecule has 2 aromatic carbocycles. The van der Waals surface area contributed by atoms with Gasteiger partial charge in [-0.15, -0.1) is 11.8 Å². The number of anilines is 1. The summed E-state index contributed by atoms with van der Waals surface area (Å²) in [4.78, 5) is 23.8. The fourth-order valence-electron chi connectivity index (χ4n) is 2.08. The molecule has 0 spiro atoms. The Morgan fingerprint density at radius 3 is 2.71 bits per heavy atom. The van der Waals surface area contributed by atoms with Gasteiger partial charge in [0.2, 0.25) is 0 Å². The van der Waals surface area contributed by atoms with Crippen LogP contribution in [0.2, 0.25) is 0 Å². The van der Waals surface area contributed by atoms with E-state index < -0.39 is 4.92 Å². The molecule has 7 heteroatoms.